The molecule has 36 heavy (non-hydrogen) atoms. The van der Waals surface area contributed by atoms with Gasteiger partial charge >= 0.3 is 0 Å². The zero-order valence-electron chi connectivity index (χ0n) is 20.5. The molecule has 0 unspecified atom stereocenters. The van der Waals surface area contributed by atoms with E-state index in [2.05, 4.69) is 35.0 Å². The van der Waals surface area contributed by atoms with E-state index in [-0.39, 0.29) is 17.6 Å². The molecule has 3 aromatic carbocycles. The molecule has 186 valence electrons. The molecular formula is C30H31FN2O3. The molecule has 0 radical (unpaired) electrons. The van der Waals surface area contributed by atoms with Crippen molar-refractivity contribution in [2.24, 2.45) is 0 Å². The summed E-state index contributed by atoms with van der Waals surface area (Å²) < 4.78 is 26.8. The normalized spacial score (nSPS) is 14.7. The van der Waals surface area contributed by atoms with Crippen LogP contribution in [-0.4, -0.2) is 48.3 Å². The molecule has 4 aromatic rings. The molecule has 0 spiro atoms. The van der Waals surface area contributed by atoms with Crippen LogP contribution in [0.3, 0.4) is 0 Å². The first kappa shape index (κ1) is 24.1. The number of fused-ring (bicyclic) bond motifs is 1. The van der Waals surface area contributed by atoms with E-state index in [0.717, 1.165) is 33.3 Å². The molecule has 0 N–H and O–H groups in total. The number of nitrogens with zero attached hydrogens (tertiary/aromatic N) is 2. The van der Waals surface area contributed by atoms with Crippen molar-refractivity contribution < 1.29 is 18.7 Å². The minimum Gasteiger partial charge on any atom is -0.494 e. The second-order valence-corrected chi connectivity index (χ2v) is 9.11. The summed E-state index contributed by atoms with van der Waals surface area (Å²) in [6.07, 6.45) is 2.53. The van der Waals surface area contributed by atoms with Crippen molar-refractivity contribution in [1.29, 1.82) is 0 Å². The fourth-order valence-corrected chi connectivity index (χ4v) is 4.96. The van der Waals surface area contributed by atoms with Crippen molar-refractivity contribution in [3.05, 3.63) is 102 Å². The van der Waals surface area contributed by atoms with Crippen LogP contribution in [0.25, 0.3) is 10.9 Å². The third-order valence-electron chi connectivity index (χ3n) is 6.80. The topological polar surface area (TPSA) is 43.7 Å². The first-order chi connectivity index (χ1) is 17.6. The van der Waals surface area contributed by atoms with Crippen molar-refractivity contribution in [2.75, 3.05) is 32.9 Å². The Morgan fingerprint density at radius 2 is 1.72 bits per heavy atom. The highest BCUT2D eigenvalue weighted by atomic mass is 19.1. The van der Waals surface area contributed by atoms with Crippen LogP contribution in [0, 0.1) is 5.82 Å². The quantitative estimate of drug-likeness (QED) is 0.325. The summed E-state index contributed by atoms with van der Waals surface area (Å²) in [6.45, 7) is 5.60. The fourth-order valence-electron chi connectivity index (χ4n) is 4.96. The molecule has 0 aliphatic carbocycles. The van der Waals surface area contributed by atoms with Gasteiger partial charge in [-0.1, -0.05) is 42.5 Å². The highest BCUT2D eigenvalue weighted by molar-refractivity contribution is 5.87. The summed E-state index contributed by atoms with van der Waals surface area (Å²) in [5, 5.41) is 1.12. The summed E-state index contributed by atoms with van der Waals surface area (Å²) in [5.74, 6) is 0.593. The number of halogens is 1. The Kier molecular flexibility index (Phi) is 7.33. The summed E-state index contributed by atoms with van der Waals surface area (Å²) >= 11 is 0. The third-order valence-corrected chi connectivity index (χ3v) is 6.80. The number of rotatable bonds is 8. The van der Waals surface area contributed by atoms with E-state index >= 15 is 0 Å². The number of benzene rings is 3. The number of carbonyl (C=O) groups excluding carboxylic acids is 1. The van der Waals surface area contributed by atoms with Crippen molar-refractivity contribution in [1.82, 2.24) is 9.47 Å². The molecule has 1 fully saturated rings. The average Bonchev–Trinajstić information content (AvgIpc) is 3.28. The van der Waals surface area contributed by atoms with Gasteiger partial charge in [0.2, 0.25) is 5.91 Å². The number of aromatic nitrogens is 1. The Morgan fingerprint density at radius 1 is 1.00 bits per heavy atom. The molecule has 5 nitrogen and oxygen atoms in total. The van der Waals surface area contributed by atoms with Crippen LogP contribution >= 0.6 is 0 Å². The zero-order valence-corrected chi connectivity index (χ0v) is 20.5. The molecule has 1 atom stereocenters. The predicted molar refractivity (Wildman–Crippen MR) is 139 cm³/mol. The molecule has 1 aromatic heterocycles. The highest BCUT2D eigenvalue weighted by Gasteiger charge is 2.26. The molecule has 1 aliphatic rings. The third kappa shape index (κ3) is 5.29. The fraction of sp³-hybridized carbons (Fsp3) is 0.300. The van der Waals surface area contributed by atoms with Gasteiger partial charge in [0.25, 0.3) is 0 Å². The van der Waals surface area contributed by atoms with Crippen LogP contribution < -0.4 is 4.74 Å². The Hall–Kier alpha value is -3.64. The number of carbonyl (C=O) groups is 1. The molecule has 0 saturated carbocycles. The van der Waals surface area contributed by atoms with E-state index < -0.39 is 0 Å². The highest BCUT2D eigenvalue weighted by Crippen LogP contribution is 2.36. The van der Waals surface area contributed by atoms with E-state index in [9.17, 15) is 9.18 Å². The Morgan fingerprint density at radius 3 is 2.44 bits per heavy atom. The molecule has 2 heterocycles. The molecular weight excluding hydrogens is 455 g/mol. The Balaban J connectivity index is 1.54. The lowest BCUT2D eigenvalue weighted by Gasteiger charge is -2.28. The Labute approximate surface area is 211 Å². The van der Waals surface area contributed by atoms with Gasteiger partial charge in [-0.25, -0.2) is 4.39 Å². The maximum atomic E-state index is 13.5. The standard InChI is InChI=1S/C30H31FN2O3/c1-2-36-25-13-9-23(10-14-25)27(19-30(34)32-15-17-35-18-16-32)28-21-33(29-6-4-3-5-26(28)29)20-22-7-11-24(31)12-8-22/h3-14,21,27H,2,15-20H2,1H3/t27-/m0/s1. The molecule has 1 saturated heterocycles. The van der Waals surface area contributed by atoms with Crippen molar-refractivity contribution in [3.8, 4) is 5.75 Å². The maximum absolute atomic E-state index is 13.5. The summed E-state index contributed by atoms with van der Waals surface area (Å²) in [5.41, 5.74) is 4.29. The first-order valence-corrected chi connectivity index (χ1v) is 12.5. The maximum Gasteiger partial charge on any atom is 0.223 e. The molecule has 5 rings (SSSR count). The van der Waals surface area contributed by atoms with Crippen molar-refractivity contribution in [3.63, 3.8) is 0 Å². The number of morpholine rings is 1. The van der Waals surface area contributed by atoms with Gasteiger partial charge in [0.05, 0.1) is 19.8 Å². The average molecular weight is 487 g/mol. The lowest BCUT2D eigenvalue weighted by atomic mass is 9.87. The largest absolute Gasteiger partial charge is 0.494 e. The minimum atomic E-state index is -0.242. The van der Waals surface area contributed by atoms with E-state index in [1.54, 1.807) is 0 Å². The number of amides is 1. The minimum absolute atomic E-state index is 0.115. The molecule has 6 heteroatoms. The summed E-state index contributed by atoms with van der Waals surface area (Å²) in [4.78, 5) is 15.3. The van der Waals surface area contributed by atoms with Gasteiger partial charge in [-0.3, -0.25) is 4.79 Å². The number of hydrogen-bond donors (Lipinski definition) is 0. The van der Waals surface area contributed by atoms with Crippen LogP contribution in [0.15, 0.2) is 79.0 Å². The summed E-state index contributed by atoms with van der Waals surface area (Å²) in [7, 11) is 0. The number of hydrogen-bond acceptors (Lipinski definition) is 3. The second-order valence-electron chi connectivity index (χ2n) is 9.11. The zero-order chi connectivity index (χ0) is 24.9. The van der Waals surface area contributed by atoms with Crippen molar-refractivity contribution >= 4 is 16.8 Å². The van der Waals surface area contributed by atoms with Gasteiger partial charge in [-0.15, -0.1) is 0 Å². The first-order valence-electron chi connectivity index (χ1n) is 12.5. The molecule has 1 aliphatic heterocycles. The van der Waals surface area contributed by atoms with Gasteiger partial charge in [0, 0.05) is 49.1 Å². The summed E-state index contributed by atoms with van der Waals surface area (Å²) in [6, 6.07) is 23.0. The van der Waals surface area contributed by atoms with Crippen molar-refractivity contribution in [2.45, 2.75) is 25.8 Å². The Bertz CT molecular complexity index is 1310. The number of ether oxygens (including phenoxy) is 2. The lowest BCUT2D eigenvalue weighted by molar-refractivity contribution is -0.135. The smallest absolute Gasteiger partial charge is 0.223 e. The second kappa shape index (κ2) is 11.0. The van der Waals surface area contributed by atoms with Gasteiger partial charge < -0.3 is 18.9 Å². The van der Waals surface area contributed by atoms with E-state index in [4.69, 9.17) is 9.47 Å². The van der Waals surface area contributed by atoms with E-state index in [0.29, 0.717) is 45.9 Å². The van der Waals surface area contributed by atoms with Crippen LogP contribution in [0.4, 0.5) is 4.39 Å². The van der Waals surface area contributed by atoms with Crippen LogP contribution in [0.2, 0.25) is 0 Å². The lowest BCUT2D eigenvalue weighted by Crippen LogP contribution is -2.41. The van der Waals surface area contributed by atoms with Gasteiger partial charge in [0.1, 0.15) is 11.6 Å². The van der Waals surface area contributed by atoms with Crippen LogP contribution in [0.5, 0.6) is 5.75 Å². The SMILES string of the molecule is CCOc1ccc([C@H](CC(=O)N2CCOCC2)c2cn(Cc3ccc(F)cc3)c3ccccc23)cc1. The van der Waals surface area contributed by atoms with Gasteiger partial charge in [-0.05, 0) is 53.9 Å². The van der Waals surface area contributed by atoms with Crippen LogP contribution in [-0.2, 0) is 16.1 Å². The van der Waals surface area contributed by atoms with Gasteiger partial charge in [0.15, 0.2) is 0 Å². The molecule has 0 bridgehead atoms. The predicted octanol–water partition coefficient (Wildman–Crippen LogP) is 5.61. The van der Waals surface area contributed by atoms with Crippen LogP contribution in [0.1, 0.15) is 36.0 Å². The van der Waals surface area contributed by atoms with E-state index in [1.807, 2.05) is 48.2 Å². The number of para-hydroxylation sites is 1. The van der Waals surface area contributed by atoms with Gasteiger partial charge in [-0.2, -0.15) is 0 Å². The molecule has 1 amide bonds. The van der Waals surface area contributed by atoms with E-state index in [1.165, 1.54) is 12.1 Å². The monoisotopic (exact) mass is 486 g/mol.